The lowest BCUT2D eigenvalue weighted by Gasteiger charge is -2.12. The number of carbonyl (C=O) groups is 1. The van der Waals surface area contributed by atoms with Crippen LogP contribution in [0.15, 0.2) is 82.6 Å². The Labute approximate surface area is 150 Å². The number of carboxylic acid groups (broad SMARTS) is 1. The quantitative estimate of drug-likeness (QED) is 0.554. The SMILES string of the molecule is O=C(O)c1cc(NCc2ccccc2Sc2ccccc2)ccc1O. The molecular formula is C20H17NO3S. The van der Waals surface area contributed by atoms with Gasteiger partial charge in [0.15, 0.2) is 0 Å². The monoisotopic (exact) mass is 351 g/mol. The summed E-state index contributed by atoms with van der Waals surface area (Å²) in [6.07, 6.45) is 0. The van der Waals surface area contributed by atoms with Crippen molar-refractivity contribution in [3.8, 4) is 5.75 Å². The van der Waals surface area contributed by atoms with Gasteiger partial charge in [-0.15, -0.1) is 0 Å². The third-order valence-corrected chi connectivity index (χ3v) is 4.78. The van der Waals surface area contributed by atoms with E-state index in [9.17, 15) is 9.90 Å². The number of anilines is 1. The Kier molecular flexibility index (Phi) is 5.26. The molecular weight excluding hydrogens is 334 g/mol. The van der Waals surface area contributed by atoms with E-state index in [4.69, 9.17) is 5.11 Å². The maximum atomic E-state index is 11.1. The normalized spacial score (nSPS) is 10.4. The van der Waals surface area contributed by atoms with Gasteiger partial charge in [-0.25, -0.2) is 4.79 Å². The number of nitrogens with one attached hydrogen (secondary N) is 1. The summed E-state index contributed by atoms with van der Waals surface area (Å²) in [5.74, 6) is -1.39. The minimum atomic E-state index is -1.15. The molecule has 0 unspecified atom stereocenters. The Morgan fingerprint density at radius 1 is 0.960 bits per heavy atom. The standard InChI is InChI=1S/C20H17NO3S/c22-18-11-10-15(12-17(18)20(23)24)21-13-14-6-4-5-9-19(14)25-16-7-2-1-3-8-16/h1-12,21-22H,13H2,(H,23,24). The Hall–Kier alpha value is -2.92. The van der Waals surface area contributed by atoms with Crippen molar-refractivity contribution < 1.29 is 15.0 Å². The second-order valence-electron chi connectivity index (χ2n) is 5.41. The fourth-order valence-corrected chi connectivity index (χ4v) is 3.34. The topological polar surface area (TPSA) is 69.6 Å². The van der Waals surface area contributed by atoms with E-state index in [1.165, 1.54) is 12.1 Å². The molecule has 3 rings (SSSR count). The molecule has 0 amide bonds. The first-order valence-corrected chi connectivity index (χ1v) is 8.56. The Bertz CT molecular complexity index is 881. The van der Waals surface area contributed by atoms with Crippen molar-refractivity contribution in [2.24, 2.45) is 0 Å². The number of aromatic hydroxyl groups is 1. The molecule has 0 spiro atoms. The van der Waals surface area contributed by atoms with Crippen LogP contribution in [-0.2, 0) is 6.54 Å². The van der Waals surface area contributed by atoms with E-state index in [0.29, 0.717) is 12.2 Å². The van der Waals surface area contributed by atoms with Gasteiger partial charge in [-0.05, 0) is 42.0 Å². The zero-order valence-electron chi connectivity index (χ0n) is 13.3. The summed E-state index contributed by atoms with van der Waals surface area (Å²) < 4.78 is 0. The lowest BCUT2D eigenvalue weighted by Crippen LogP contribution is -2.03. The molecule has 0 atom stereocenters. The molecule has 25 heavy (non-hydrogen) atoms. The van der Waals surface area contributed by atoms with Gasteiger partial charge in [-0.2, -0.15) is 0 Å². The van der Waals surface area contributed by atoms with Crippen LogP contribution >= 0.6 is 11.8 Å². The molecule has 0 bridgehead atoms. The minimum Gasteiger partial charge on any atom is -0.507 e. The highest BCUT2D eigenvalue weighted by Gasteiger charge is 2.10. The highest BCUT2D eigenvalue weighted by Crippen LogP contribution is 2.31. The first-order valence-electron chi connectivity index (χ1n) is 7.74. The molecule has 3 N–H and O–H groups in total. The summed E-state index contributed by atoms with van der Waals surface area (Å²) >= 11 is 1.69. The highest BCUT2D eigenvalue weighted by molar-refractivity contribution is 7.99. The lowest BCUT2D eigenvalue weighted by molar-refractivity contribution is 0.0694. The van der Waals surface area contributed by atoms with Crippen LogP contribution in [0.2, 0.25) is 0 Å². The first-order chi connectivity index (χ1) is 12.1. The first kappa shape index (κ1) is 16.9. The van der Waals surface area contributed by atoms with Gasteiger partial charge in [-0.3, -0.25) is 0 Å². The Balaban J connectivity index is 1.76. The third-order valence-electron chi connectivity index (χ3n) is 3.65. The van der Waals surface area contributed by atoms with E-state index in [2.05, 4.69) is 23.5 Å². The van der Waals surface area contributed by atoms with Gasteiger partial charge in [0.25, 0.3) is 0 Å². The van der Waals surface area contributed by atoms with Crippen LogP contribution in [0.3, 0.4) is 0 Å². The van der Waals surface area contributed by atoms with Gasteiger partial charge in [0.1, 0.15) is 11.3 Å². The van der Waals surface area contributed by atoms with Gasteiger partial charge in [0.05, 0.1) is 0 Å². The van der Waals surface area contributed by atoms with Crippen LogP contribution < -0.4 is 5.32 Å². The molecule has 0 aromatic heterocycles. The molecule has 0 fully saturated rings. The van der Waals surface area contributed by atoms with Crippen molar-refractivity contribution in [3.63, 3.8) is 0 Å². The Morgan fingerprint density at radius 2 is 1.68 bits per heavy atom. The van der Waals surface area contributed by atoms with Crippen molar-refractivity contribution in [1.82, 2.24) is 0 Å². The molecule has 0 aliphatic rings. The second-order valence-corrected chi connectivity index (χ2v) is 6.53. The van der Waals surface area contributed by atoms with Crippen molar-refractivity contribution in [2.45, 2.75) is 16.3 Å². The van der Waals surface area contributed by atoms with E-state index >= 15 is 0 Å². The molecule has 0 aliphatic carbocycles. The lowest BCUT2D eigenvalue weighted by atomic mass is 10.1. The number of carboxylic acids is 1. The zero-order chi connectivity index (χ0) is 17.6. The van der Waals surface area contributed by atoms with Crippen LogP contribution in [0.4, 0.5) is 5.69 Å². The van der Waals surface area contributed by atoms with Gasteiger partial charge in [0.2, 0.25) is 0 Å². The van der Waals surface area contributed by atoms with Gasteiger partial charge in [-0.1, -0.05) is 48.2 Å². The van der Waals surface area contributed by atoms with Crippen LogP contribution in [0.1, 0.15) is 15.9 Å². The number of hydrogen-bond acceptors (Lipinski definition) is 4. The van der Waals surface area contributed by atoms with Crippen LogP contribution in [-0.4, -0.2) is 16.2 Å². The summed E-state index contributed by atoms with van der Waals surface area (Å²) in [5, 5.41) is 21.9. The summed E-state index contributed by atoms with van der Waals surface area (Å²) in [6.45, 7) is 0.555. The average Bonchev–Trinajstić information content (AvgIpc) is 2.63. The van der Waals surface area contributed by atoms with Gasteiger partial charge < -0.3 is 15.5 Å². The predicted octanol–water partition coefficient (Wildman–Crippen LogP) is 4.85. The smallest absolute Gasteiger partial charge is 0.339 e. The summed E-state index contributed by atoms with van der Waals surface area (Å²) in [4.78, 5) is 13.4. The molecule has 0 saturated carbocycles. The van der Waals surface area contributed by atoms with E-state index in [1.807, 2.05) is 36.4 Å². The fraction of sp³-hybridized carbons (Fsp3) is 0.0500. The van der Waals surface area contributed by atoms with E-state index < -0.39 is 5.97 Å². The molecule has 5 heteroatoms. The fourth-order valence-electron chi connectivity index (χ4n) is 2.38. The second kappa shape index (κ2) is 7.77. The highest BCUT2D eigenvalue weighted by atomic mass is 32.2. The average molecular weight is 351 g/mol. The number of aromatic carboxylic acids is 1. The Morgan fingerprint density at radius 3 is 2.44 bits per heavy atom. The predicted molar refractivity (Wildman–Crippen MR) is 99.4 cm³/mol. The van der Waals surface area contributed by atoms with E-state index in [0.717, 1.165) is 15.4 Å². The number of rotatable bonds is 6. The number of phenols is 1. The largest absolute Gasteiger partial charge is 0.507 e. The number of hydrogen-bond donors (Lipinski definition) is 3. The maximum Gasteiger partial charge on any atom is 0.339 e. The molecule has 3 aromatic rings. The van der Waals surface area contributed by atoms with Crippen LogP contribution in [0.25, 0.3) is 0 Å². The maximum absolute atomic E-state index is 11.1. The summed E-state index contributed by atoms with van der Waals surface area (Å²) in [7, 11) is 0. The van der Waals surface area contributed by atoms with Crippen LogP contribution in [0, 0.1) is 0 Å². The van der Waals surface area contributed by atoms with Crippen molar-refractivity contribution >= 4 is 23.4 Å². The molecule has 126 valence electrons. The van der Waals surface area contributed by atoms with Crippen molar-refractivity contribution in [3.05, 3.63) is 83.9 Å². The summed E-state index contributed by atoms with van der Waals surface area (Å²) in [6, 6.07) is 22.7. The van der Waals surface area contributed by atoms with Crippen LogP contribution in [0.5, 0.6) is 5.75 Å². The minimum absolute atomic E-state index is 0.114. The number of benzene rings is 3. The molecule has 0 saturated heterocycles. The van der Waals surface area contributed by atoms with Gasteiger partial charge in [0, 0.05) is 22.0 Å². The van der Waals surface area contributed by atoms with Crippen molar-refractivity contribution in [2.75, 3.05) is 5.32 Å². The zero-order valence-corrected chi connectivity index (χ0v) is 14.2. The molecule has 0 heterocycles. The summed E-state index contributed by atoms with van der Waals surface area (Å²) in [5.41, 5.74) is 1.65. The van der Waals surface area contributed by atoms with E-state index in [-0.39, 0.29) is 11.3 Å². The molecule has 3 aromatic carbocycles. The molecule has 0 aliphatic heterocycles. The molecule has 4 nitrogen and oxygen atoms in total. The third kappa shape index (κ3) is 4.33. The van der Waals surface area contributed by atoms with Gasteiger partial charge >= 0.3 is 5.97 Å². The van der Waals surface area contributed by atoms with E-state index in [1.54, 1.807) is 17.8 Å². The molecule has 0 radical (unpaired) electrons. The van der Waals surface area contributed by atoms with Crippen molar-refractivity contribution in [1.29, 1.82) is 0 Å².